The third kappa shape index (κ3) is 9.75. The summed E-state index contributed by atoms with van der Waals surface area (Å²) in [6.45, 7) is 4.46. The molecule has 4 atom stereocenters. The zero-order valence-corrected chi connectivity index (χ0v) is 35.5. The second-order valence-corrected chi connectivity index (χ2v) is 15.8. The van der Waals surface area contributed by atoms with Crippen LogP contribution in [0.5, 0.6) is 0 Å². The number of methoxy groups -OCH3 is 2. The third-order valence-corrected chi connectivity index (χ3v) is 11.4. The first-order valence-corrected chi connectivity index (χ1v) is 20.7. The number of nitrogens with one attached hydrogen (secondary N) is 4. The monoisotopic (exact) mass is 844 g/mol. The molecule has 2 aliphatic rings. The van der Waals surface area contributed by atoms with Crippen molar-refractivity contribution in [1.29, 1.82) is 0 Å². The molecule has 0 unspecified atom stereocenters. The summed E-state index contributed by atoms with van der Waals surface area (Å²) in [5, 5.41) is 5.33. The predicted molar refractivity (Wildman–Crippen MR) is 236 cm³/mol. The van der Waals surface area contributed by atoms with Crippen LogP contribution in [0.3, 0.4) is 0 Å². The molecule has 5 aromatic rings. The van der Waals surface area contributed by atoms with Crippen LogP contribution >= 0.6 is 0 Å². The van der Waals surface area contributed by atoms with E-state index >= 15 is 0 Å². The minimum atomic E-state index is -0.994. The van der Waals surface area contributed by atoms with Crippen molar-refractivity contribution in [2.45, 2.75) is 63.7 Å². The molecule has 14 heteroatoms. The first kappa shape index (κ1) is 43.3. The van der Waals surface area contributed by atoms with Crippen molar-refractivity contribution in [1.82, 2.24) is 40.4 Å². The van der Waals surface area contributed by atoms with E-state index in [0.29, 0.717) is 48.8 Å². The Balaban J connectivity index is 1.09. The summed E-state index contributed by atoms with van der Waals surface area (Å²) in [6, 6.07) is 22.4. The van der Waals surface area contributed by atoms with Crippen LogP contribution in [0.15, 0.2) is 91.3 Å². The van der Waals surface area contributed by atoms with Gasteiger partial charge < -0.3 is 39.9 Å². The standard InChI is InChI=1S/C49H48N8O6/c1-6-49(2,3)42(55-48(61)63-5)46(59)57-28-16-24-40(57)44-51-31-38(53-44)35-26-25-33(37(29-35)32-17-9-7-10-18-32)19-13-14-22-36-30-50-43(52-36)39-23-15-27-56(39)45(58)41(54-47(60)62-4)34-20-11-8-12-21-34/h1,7-12,17-18,20-21,25-26,29-31,39-42H,15-16,23-24,27-28H2,2-5H3,(H,50,52)(H,51,53)(H,54,60)(H,55,61)/t39-,40-,41+,42+/m0/s1. The number of ether oxygens (including phenoxy) is 2. The molecule has 2 aromatic heterocycles. The summed E-state index contributed by atoms with van der Waals surface area (Å²) in [7, 11) is 2.51. The maximum Gasteiger partial charge on any atom is 0.407 e. The number of carbonyl (C=O) groups excluding carboxylic acids is 4. The Morgan fingerprint density at radius 1 is 0.762 bits per heavy atom. The number of imidazole rings is 2. The number of terminal acetylenes is 1. The Bertz CT molecular complexity index is 2640. The number of rotatable bonds is 10. The second-order valence-electron chi connectivity index (χ2n) is 15.8. The highest BCUT2D eigenvalue weighted by Gasteiger charge is 2.43. The Morgan fingerprint density at radius 2 is 1.37 bits per heavy atom. The van der Waals surface area contributed by atoms with E-state index in [-0.39, 0.29) is 23.9 Å². The Morgan fingerprint density at radius 3 is 2.03 bits per heavy atom. The summed E-state index contributed by atoms with van der Waals surface area (Å²) in [6.07, 6.45) is 10.7. The fourth-order valence-electron chi connectivity index (χ4n) is 7.98. The summed E-state index contributed by atoms with van der Waals surface area (Å²) in [5.74, 6) is 15.6. The molecule has 4 heterocycles. The summed E-state index contributed by atoms with van der Waals surface area (Å²) in [4.78, 5) is 71.7. The molecule has 2 saturated heterocycles. The number of carbonyl (C=O) groups is 4. The molecule has 0 bridgehead atoms. The smallest absolute Gasteiger partial charge is 0.407 e. The number of hydrogen-bond acceptors (Lipinski definition) is 8. The van der Waals surface area contributed by atoms with Crippen molar-refractivity contribution >= 4 is 24.0 Å². The molecule has 14 nitrogen and oxygen atoms in total. The minimum Gasteiger partial charge on any atom is -0.453 e. The molecule has 2 fully saturated rings. The van der Waals surface area contributed by atoms with Gasteiger partial charge >= 0.3 is 12.2 Å². The number of aromatic amines is 2. The van der Waals surface area contributed by atoms with Crippen molar-refractivity contribution < 1.29 is 28.7 Å². The topological polar surface area (TPSA) is 175 Å². The molecule has 0 aliphatic carbocycles. The summed E-state index contributed by atoms with van der Waals surface area (Å²) >= 11 is 0. The fraction of sp³-hybridized carbons (Fsp3) is 0.306. The van der Waals surface area contributed by atoms with E-state index < -0.39 is 29.7 Å². The minimum absolute atomic E-state index is 0.255. The third-order valence-electron chi connectivity index (χ3n) is 11.4. The Hall–Kier alpha value is -7.76. The van der Waals surface area contributed by atoms with Gasteiger partial charge in [0, 0.05) is 24.2 Å². The average molecular weight is 845 g/mol. The van der Waals surface area contributed by atoms with Crippen LogP contribution < -0.4 is 10.6 Å². The lowest BCUT2D eigenvalue weighted by Gasteiger charge is -2.34. The number of amides is 4. The highest BCUT2D eigenvalue weighted by atomic mass is 16.5. The molecule has 320 valence electrons. The lowest BCUT2D eigenvalue weighted by atomic mass is 9.84. The van der Waals surface area contributed by atoms with Crippen LogP contribution in [0.25, 0.3) is 22.4 Å². The van der Waals surface area contributed by atoms with E-state index in [2.05, 4.69) is 55.2 Å². The molecule has 0 spiro atoms. The highest BCUT2D eigenvalue weighted by Crippen LogP contribution is 2.36. The van der Waals surface area contributed by atoms with Crippen molar-refractivity contribution in [3.8, 4) is 58.4 Å². The van der Waals surface area contributed by atoms with Gasteiger partial charge in [-0.05, 0) is 86.1 Å². The number of likely N-dealkylation sites (tertiary alicyclic amines) is 2. The number of H-pyrrole nitrogens is 2. The van der Waals surface area contributed by atoms with Crippen LogP contribution in [0, 0.1) is 41.4 Å². The lowest BCUT2D eigenvalue weighted by molar-refractivity contribution is -0.136. The van der Waals surface area contributed by atoms with Gasteiger partial charge in [0.1, 0.15) is 29.4 Å². The number of hydrogen-bond donors (Lipinski definition) is 4. The van der Waals surface area contributed by atoms with E-state index in [1.807, 2.05) is 66.7 Å². The first-order valence-electron chi connectivity index (χ1n) is 20.7. The van der Waals surface area contributed by atoms with Crippen molar-refractivity contribution in [2.24, 2.45) is 5.41 Å². The molecular weight excluding hydrogens is 797 g/mol. The van der Waals surface area contributed by atoms with Gasteiger partial charge in [0.15, 0.2) is 0 Å². The van der Waals surface area contributed by atoms with E-state index in [0.717, 1.165) is 40.8 Å². The van der Waals surface area contributed by atoms with Crippen LogP contribution in [-0.2, 0) is 19.1 Å². The summed E-state index contributed by atoms with van der Waals surface area (Å²) < 4.78 is 9.61. The van der Waals surface area contributed by atoms with Gasteiger partial charge in [-0.3, -0.25) is 9.59 Å². The Labute approximate surface area is 366 Å². The molecule has 2 aliphatic heterocycles. The van der Waals surface area contributed by atoms with Gasteiger partial charge in [-0.15, -0.1) is 6.42 Å². The van der Waals surface area contributed by atoms with Crippen molar-refractivity contribution in [2.75, 3.05) is 27.3 Å². The summed E-state index contributed by atoms with van der Waals surface area (Å²) in [5.41, 5.74) is 4.51. The highest BCUT2D eigenvalue weighted by molar-refractivity contribution is 5.88. The number of benzene rings is 3. The SMILES string of the molecule is C#CC(C)(C)[C@H](NC(=O)OC)C(=O)N1CCC[C@H]1c1ncc(-c2ccc(C#CC#Cc3cnc([C@@H]4CCCN4C(=O)[C@H](NC(=O)OC)c4ccccc4)[nH]3)c(-c3ccccc3)c2)[nH]1. The maximum atomic E-state index is 13.9. The van der Waals surface area contributed by atoms with Crippen LogP contribution in [0.1, 0.15) is 86.1 Å². The van der Waals surface area contributed by atoms with E-state index in [9.17, 15) is 19.2 Å². The molecular formula is C49H48N8O6. The van der Waals surface area contributed by atoms with E-state index in [1.165, 1.54) is 14.2 Å². The molecule has 4 N–H and O–H groups in total. The first-order chi connectivity index (χ1) is 30.5. The van der Waals surface area contributed by atoms with Crippen molar-refractivity contribution in [3.63, 3.8) is 0 Å². The van der Waals surface area contributed by atoms with E-state index in [4.69, 9.17) is 20.9 Å². The van der Waals surface area contributed by atoms with E-state index in [1.54, 1.807) is 48.2 Å². The van der Waals surface area contributed by atoms with Crippen LogP contribution in [0.2, 0.25) is 0 Å². The average Bonchev–Trinajstić information content (AvgIpc) is 4.16. The van der Waals surface area contributed by atoms with Gasteiger partial charge in [-0.2, -0.15) is 0 Å². The Kier molecular flexibility index (Phi) is 13.3. The van der Waals surface area contributed by atoms with Gasteiger partial charge in [-0.25, -0.2) is 19.6 Å². The lowest BCUT2D eigenvalue weighted by Crippen LogP contribution is -2.55. The second kappa shape index (κ2) is 19.3. The number of alkyl carbamates (subject to hydrolysis) is 2. The number of aromatic nitrogens is 4. The molecule has 3 aromatic carbocycles. The zero-order chi connectivity index (χ0) is 44.5. The van der Waals surface area contributed by atoms with Gasteiger partial charge in [0.05, 0.1) is 49.8 Å². The number of nitrogens with zero attached hydrogens (tertiary/aromatic N) is 4. The van der Waals surface area contributed by atoms with Crippen LogP contribution in [-0.4, -0.2) is 87.1 Å². The fourth-order valence-corrected chi connectivity index (χ4v) is 7.98. The molecule has 4 amide bonds. The van der Waals surface area contributed by atoms with Gasteiger partial charge in [0.25, 0.3) is 5.91 Å². The zero-order valence-electron chi connectivity index (χ0n) is 35.5. The van der Waals surface area contributed by atoms with Crippen molar-refractivity contribution in [3.05, 3.63) is 120 Å². The molecule has 0 saturated carbocycles. The molecule has 7 rings (SSSR count). The maximum absolute atomic E-state index is 13.9. The predicted octanol–water partition coefficient (Wildman–Crippen LogP) is 6.68. The van der Waals surface area contributed by atoms with Gasteiger partial charge in [-0.1, -0.05) is 78.6 Å². The molecule has 0 radical (unpaired) electrons. The largest absolute Gasteiger partial charge is 0.453 e. The molecule has 63 heavy (non-hydrogen) atoms. The van der Waals surface area contributed by atoms with Crippen LogP contribution in [0.4, 0.5) is 9.59 Å². The normalized spacial score (nSPS) is 16.6. The van der Waals surface area contributed by atoms with Gasteiger partial charge in [0.2, 0.25) is 5.91 Å². The quantitative estimate of drug-likeness (QED) is 0.113.